The first-order valence-corrected chi connectivity index (χ1v) is 15.9. The number of thiophene rings is 1. The smallest absolute Gasteiger partial charge is 0.164 e. The largest absolute Gasteiger partial charge is 0.208 e. The molecule has 3 nitrogen and oxygen atoms in total. The van der Waals surface area contributed by atoms with Gasteiger partial charge in [-0.25, -0.2) is 15.0 Å². The first-order chi connectivity index (χ1) is 22.3. The average molecular weight is 592 g/mol. The van der Waals surface area contributed by atoms with Gasteiger partial charge < -0.3 is 0 Å². The van der Waals surface area contributed by atoms with Crippen molar-refractivity contribution in [1.82, 2.24) is 15.0 Å². The molecular weight excluding hydrogens is 567 g/mol. The summed E-state index contributed by atoms with van der Waals surface area (Å²) >= 11 is 1.86. The fourth-order valence-electron chi connectivity index (χ4n) is 6.47. The van der Waals surface area contributed by atoms with Crippen LogP contribution in [0.5, 0.6) is 0 Å². The molecule has 9 aromatic rings. The van der Waals surface area contributed by atoms with Gasteiger partial charge in [-0.15, -0.1) is 11.3 Å². The van der Waals surface area contributed by atoms with E-state index in [1.54, 1.807) is 0 Å². The maximum Gasteiger partial charge on any atom is 0.164 e. The molecule has 210 valence electrons. The zero-order valence-corrected chi connectivity index (χ0v) is 25.0. The van der Waals surface area contributed by atoms with Crippen LogP contribution >= 0.6 is 11.3 Å². The molecule has 2 heterocycles. The average Bonchev–Trinajstić information content (AvgIpc) is 3.49. The predicted molar refractivity (Wildman–Crippen MR) is 189 cm³/mol. The summed E-state index contributed by atoms with van der Waals surface area (Å²) in [5.74, 6) is 1.98. The van der Waals surface area contributed by atoms with Crippen molar-refractivity contribution in [3.05, 3.63) is 152 Å². The monoisotopic (exact) mass is 591 g/mol. The van der Waals surface area contributed by atoms with Gasteiger partial charge >= 0.3 is 0 Å². The summed E-state index contributed by atoms with van der Waals surface area (Å²) in [5.41, 5.74) is 5.38. The van der Waals surface area contributed by atoms with Crippen LogP contribution in [0.15, 0.2) is 152 Å². The molecule has 0 bridgehead atoms. The Morgan fingerprint density at radius 2 is 0.889 bits per heavy atom. The molecule has 4 heteroatoms. The number of hydrogen-bond donors (Lipinski definition) is 0. The summed E-state index contributed by atoms with van der Waals surface area (Å²) in [4.78, 5) is 15.0. The van der Waals surface area contributed by atoms with Gasteiger partial charge in [-0.1, -0.05) is 133 Å². The lowest BCUT2D eigenvalue weighted by atomic mass is 9.89. The Hall–Kier alpha value is -5.71. The molecule has 0 atom stereocenters. The van der Waals surface area contributed by atoms with Gasteiger partial charge in [0.1, 0.15) is 0 Å². The Balaban J connectivity index is 1.34. The summed E-state index contributed by atoms with van der Waals surface area (Å²) in [5, 5.41) is 7.39. The van der Waals surface area contributed by atoms with Crippen LogP contribution in [-0.2, 0) is 0 Å². The maximum atomic E-state index is 5.06. The fraction of sp³-hybridized carbons (Fsp3) is 0. The van der Waals surface area contributed by atoms with Crippen LogP contribution in [0.4, 0.5) is 0 Å². The third-order valence-corrected chi connectivity index (χ3v) is 9.64. The summed E-state index contributed by atoms with van der Waals surface area (Å²) in [6.45, 7) is 0. The molecule has 7 aromatic carbocycles. The second-order valence-electron chi connectivity index (χ2n) is 11.2. The van der Waals surface area contributed by atoms with Crippen LogP contribution in [-0.4, -0.2) is 15.0 Å². The van der Waals surface area contributed by atoms with Gasteiger partial charge in [-0.05, 0) is 50.9 Å². The summed E-state index contributed by atoms with van der Waals surface area (Å²) < 4.78 is 2.60. The molecular formula is C41H25N3S. The number of hydrogen-bond acceptors (Lipinski definition) is 4. The lowest BCUT2D eigenvalue weighted by Crippen LogP contribution is -2.00. The first-order valence-electron chi connectivity index (χ1n) is 15.0. The van der Waals surface area contributed by atoms with E-state index < -0.39 is 0 Å². The standard InChI is InChI=1S/C41H25N3S/c1-3-13-26(14-4-1)39-42-40(27-15-5-2-6-16-27)44-41(43-39)33-24-23-32(30-19-9-10-20-31(30)33)37-29-18-8-7-17-28(29)25-36-38(37)34-21-11-12-22-35(34)45-36/h1-25H. The molecule has 0 saturated carbocycles. The van der Waals surface area contributed by atoms with E-state index >= 15 is 0 Å². The van der Waals surface area contributed by atoms with Gasteiger partial charge in [0.05, 0.1) is 0 Å². The van der Waals surface area contributed by atoms with Crippen molar-refractivity contribution in [2.75, 3.05) is 0 Å². The highest BCUT2D eigenvalue weighted by molar-refractivity contribution is 7.26. The fourth-order valence-corrected chi connectivity index (χ4v) is 7.63. The van der Waals surface area contributed by atoms with Crippen molar-refractivity contribution in [2.24, 2.45) is 0 Å². The van der Waals surface area contributed by atoms with Gasteiger partial charge in [0, 0.05) is 36.9 Å². The molecule has 0 spiro atoms. The molecule has 0 amide bonds. The number of fused-ring (bicyclic) bond motifs is 5. The number of benzene rings is 7. The Bertz CT molecular complexity index is 2480. The molecule has 2 aromatic heterocycles. The molecule has 0 N–H and O–H groups in total. The normalized spacial score (nSPS) is 11.6. The number of nitrogens with zero attached hydrogens (tertiary/aromatic N) is 3. The molecule has 9 rings (SSSR count). The zero-order valence-electron chi connectivity index (χ0n) is 24.2. The lowest BCUT2D eigenvalue weighted by Gasteiger charge is -2.16. The van der Waals surface area contributed by atoms with E-state index in [1.807, 2.05) is 72.0 Å². The van der Waals surface area contributed by atoms with E-state index in [4.69, 9.17) is 15.0 Å². The molecule has 0 aliphatic heterocycles. The number of rotatable bonds is 4. The molecule has 45 heavy (non-hydrogen) atoms. The first kappa shape index (κ1) is 25.8. The Morgan fingerprint density at radius 1 is 0.378 bits per heavy atom. The molecule has 0 saturated heterocycles. The second-order valence-corrected chi connectivity index (χ2v) is 12.3. The molecule has 0 radical (unpaired) electrons. The molecule has 0 aliphatic rings. The highest BCUT2D eigenvalue weighted by atomic mass is 32.1. The minimum absolute atomic E-state index is 0.660. The second kappa shape index (κ2) is 10.5. The van der Waals surface area contributed by atoms with Crippen LogP contribution in [0.3, 0.4) is 0 Å². The highest BCUT2D eigenvalue weighted by Crippen LogP contribution is 2.46. The summed E-state index contributed by atoms with van der Waals surface area (Å²) in [6, 6.07) is 53.2. The van der Waals surface area contributed by atoms with E-state index in [-0.39, 0.29) is 0 Å². The van der Waals surface area contributed by atoms with Gasteiger partial charge in [0.25, 0.3) is 0 Å². The minimum atomic E-state index is 0.660. The van der Waals surface area contributed by atoms with Gasteiger partial charge in [0.2, 0.25) is 0 Å². The predicted octanol–water partition coefficient (Wildman–Crippen LogP) is 11.2. The van der Waals surface area contributed by atoms with Gasteiger partial charge in [-0.2, -0.15) is 0 Å². The number of aromatic nitrogens is 3. The summed E-state index contributed by atoms with van der Waals surface area (Å²) in [6.07, 6.45) is 0. The topological polar surface area (TPSA) is 38.7 Å². The van der Waals surface area contributed by atoms with E-state index in [0.717, 1.165) is 22.1 Å². The maximum absolute atomic E-state index is 5.06. The SMILES string of the molecule is c1ccc(-c2nc(-c3ccccc3)nc(-c3ccc(-c4c5ccccc5cc5sc6ccccc6c45)c4ccccc34)n2)cc1. The Kier molecular flexibility index (Phi) is 6.00. The van der Waals surface area contributed by atoms with E-state index in [9.17, 15) is 0 Å². The van der Waals surface area contributed by atoms with E-state index in [1.165, 1.54) is 47.5 Å². The van der Waals surface area contributed by atoms with Gasteiger partial charge in [-0.3, -0.25) is 0 Å². The third kappa shape index (κ3) is 4.30. The minimum Gasteiger partial charge on any atom is -0.208 e. The van der Waals surface area contributed by atoms with Gasteiger partial charge in [0.15, 0.2) is 17.5 Å². The van der Waals surface area contributed by atoms with Crippen molar-refractivity contribution >= 4 is 53.1 Å². The van der Waals surface area contributed by atoms with Crippen molar-refractivity contribution < 1.29 is 0 Å². The quantitative estimate of drug-likeness (QED) is 0.204. The van der Waals surface area contributed by atoms with Crippen molar-refractivity contribution in [2.45, 2.75) is 0 Å². The molecule has 0 aliphatic carbocycles. The highest BCUT2D eigenvalue weighted by Gasteiger charge is 2.20. The summed E-state index contributed by atoms with van der Waals surface area (Å²) in [7, 11) is 0. The van der Waals surface area contributed by atoms with Crippen molar-refractivity contribution in [3.8, 4) is 45.3 Å². The third-order valence-electron chi connectivity index (χ3n) is 8.52. The van der Waals surface area contributed by atoms with Crippen LogP contribution in [0.2, 0.25) is 0 Å². The zero-order chi connectivity index (χ0) is 29.7. The van der Waals surface area contributed by atoms with Crippen LogP contribution in [0.1, 0.15) is 0 Å². The van der Waals surface area contributed by atoms with Crippen molar-refractivity contribution in [1.29, 1.82) is 0 Å². The van der Waals surface area contributed by atoms with Crippen LogP contribution in [0.25, 0.3) is 87.0 Å². The Labute approximate surface area is 264 Å². The van der Waals surface area contributed by atoms with Crippen molar-refractivity contribution in [3.63, 3.8) is 0 Å². The molecule has 0 unspecified atom stereocenters. The van der Waals surface area contributed by atoms with Crippen LogP contribution in [0, 0.1) is 0 Å². The lowest BCUT2D eigenvalue weighted by molar-refractivity contribution is 1.08. The van der Waals surface area contributed by atoms with Crippen LogP contribution < -0.4 is 0 Å². The Morgan fingerprint density at radius 3 is 1.58 bits per heavy atom. The molecule has 0 fully saturated rings. The van der Waals surface area contributed by atoms with E-state index in [0.29, 0.717) is 17.5 Å². The van der Waals surface area contributed by atoms with E-state index in [2.05, 4.69) is 91.0 Å².